The van der Waals surface area contributed by atoms with Crippen molar-refractivity contribution in [3.05, 3.63) is 88.0 Å². The molecule has 4 heterocycles. The van der Waals surface area contributed by atoms with E-state index in [1.807, 2.05) is 53.9 Å². The number of methoxy groups -OCH3 is 1. The van der Waals surface area contributed by atoms with Gasteiger partial charge in [0, 0.05) is 47.8 Å². The van der Waals surface area contributed by atoms with E-state index in [0.717, 1.165) is 36.7 Å². The zero-order valence-corrected chi connectivity index (χ0v) is 21.9. The number of aliphatic hydroxyl groups is 1. The maximum Gasteiger partial charge on any atom is 0.294 e. The molecule has 0 bridgehead atoms. The van der Waals surface area contributed by atoms with Gasteiger partial charge in [0.15, 0.2) is 22.9 Å². The topological polar surface area (TPSA) is 86.5 Å². The molecule has 2 aromatic heterocycles. The number of para-hydroxylation sites is 1. The third kappa shape index (κ3) is 4.04. The van der Waals surface area contributed by atoms with Crippen molar-refractivity contribution in [2.75, 3.05) is 50.1 Å². The number of furan rings is 1. The Bertz CT molecular complexity index is 1530. The van der Waals surface area contributed by atoms with E-state index in [0.29, 0.717) is 22.4 Å². The van der Waals surface area contributed by atoms with Crippen LogP contribution in [0.4, 0.5) is 11.4 Å². The summed E-state index contributed by atoms with van der Waals surface area (Å²) in [6.07, 6.45) is 0. The van der Waals surface area contributed by atoms with Gasteiger partial charge in [-0.2, -0.15) is 0 Å². The van der Waals surface area contributed by atoms with Crippen LogP contribution in [0.2, 0.25) is 0 Å². The van der Waals surface area contributed by atoms with Crippen LogP contribution in [-0.4, -0.2) is 62.0 Å². The first-order valence-electron chi connectivity index (χ1n) is 12.4. The molecule has 2 aliphatic rings. The first-order chi connectivity index (χ1) is 18.5. The number of carbonyl (C=O) groups is 2. The van der Waals surface area contributed by atoms with Gasteiger partial charge in [-0.05, 0) is 54.9 Å². The SMILES string of the molecule is COc1cccc2cc(C(=O)C3=C(O)C(=O)N(c4ccc(N5CCN(C)CC5)cc4)C3c3cccs3)oc12. The third-order valence-electron chi connectivity index (χ3n) is 7.21. The molecule has 4 aromatic rings. The fraction of sp³-hybridized carbons (Fsp3) is 0.241. The summed E-state index contributed by atoms with van der Waals surface area (Å²) in [6.45, 7) is 3.84. The number of carbonyl (C=O) groups excluding carboxylic acids is 2. The first-order valence-corrected chi connectivity index (χ1v) is 13.3. The number of hydrogen-bond donors (Lipinski definition) is 1. The van der Waals surface area contributed by atoms with Crippen molar-refractivity contribution < 1.29 is 23.8 Å². The fourth-order valence-corrected chi connectivity index (χ4v) is 5.97. The number of thiophene rings is 1. The van der Waals surface area contributed by atoms with Crippen LogP contribution in [0.25, 0.3) is 11.0 Å². The van der Waals surface area contributed by atoms with Crippen LogP contribution >= 0.6 is 11.3 Å². The number of piperazine rings is 1. The molecule has 1 unspecified atom stereocenters. The Morgan fingerprint density at radius 1 is 1.03 bits per heavy atom. The van der Waals surface area contributed by atoms with E-state index in [2.05, 4.69) is 16.8 Å². The predicted molar refractivity (Wildman–Crippen MR) is 147 cm³/mol. The Hall–Kier alpha value is -4.08. The number of Topliss-reactive ketones (excluding diaryl/α,β-unsaturated/α-hetero) is 1. The highest BCUT2D eigenvalue weighted by Gasteiger charge is 2.46. The molecule has 0 spiro atoms. The highest BCUT2D eigenvalue weighted by molar-refractivity contribution is 7.10. The van der Waals surface area contributed by atoms with Crippen molar-refractivity contribution in [1.82, 2.24) is 4.90 Å². The Morgan fingerprint density at radius 2 is 1.76 bits per heavy atom. The maximum atomic E-state index is 13.8. The molecule has 0 radical (unpaired) electrons. The monoisotopic (exact) mass is 529 g/mol. The van der Waals surface area contributed by atoms with Crippen LogP contribution in [0.15, 0.2) is 81.8 Å². The van der Waals surface area contributed by atoms with Crippen molar-refractivity contribution in [3.8, 4) is 5.75 Å². The van der Waals surface area contributed by atoms with Gasteiger partial charge < -0.3 is 24.1 Å². The molecule has 0 saturated carbocycles. The quantitative estimate of drug-likeness (QED) is 0.350. The molecular formula is C29H27N3O5S. The maximum absolute atomic E-state index is 13.8. The van der Waals surface area contributed by atoms with Crippen LogP contribution in [0.5, 0.6) is 5.75 Å². The number of rotatable bonds is 6. The summed E-state index contributed by atoms with van der Waals surface area (Å²) in [5.74, 6) is -1.19. The molecule has 1 fully saturated rings. The molecule has 194 valence electrons. The van der Waals surface area contributed by atoms with Crippen molar-refractivity contribution >= 4 is 45.4 Å². The number of aliphatic hydroxyl groups excluding tert-OH is 1. The molecule has 1 N–H and O–H groups in total. The highest BCUT2D eigenvalue weighted by atomic mass is 32.1. The minimum absolute atomic E-state index is 0.00128. The number of hydrogen-bond acceptors (Lipinski definition) is 8. The van der Waals surface area contributed by atoms with E-state index in [4.69, 9.17) is 9.15 Å². The van der Waals surface area contributed by atoms with Crippen LogP contribution < -0.4 is 14.5 Å². The van der Waals surface area contributed by atoms with Gasteiger partial charge in [0.1, 0.15) is 6.04 Å². The fourth-order valence-electron chi connectivity index (χ4n) is 5.15. The number of nitrogens with zero attached hydrogens (tertiary/aromatic N) is 3. The lowest BCUT2D eigenvalue weighted by atomic mass is 10.00. The van der Waals surface area contributed by atoms with Crippen molar-refractivity contribution in [2.24, 2.45) is 0 Å². The lowest BCUT2D eigenvalue weighted by Crippen LogP contribution is -2.44. The Balaban J connectivity index is 1.37. The van der Waals surface area contributed by atoms with E-state index in [9.17, 15) is 14.7 Å². The standard InChI is InChI=1S/C29H27N3O5S/c1-30-12-14-31(15-13-30)19-8-10-20(11-9-19)32-25(23-7-4-16-38-23)24(27(34)29(32)35)26(33)22-17-18-5-3-6-21(36-2)28(18)37-22/h3-11,16-17,25,34H,12-15H2,1-2H3. The number of benzene rings is 2. The van der Waals surface area contributed by atoms with Crippen molar-refractivity contribution in [2.45, 2.75) is 6.04 Å². The average molecular weight is 530 g/mol. The summed E-state index contributed by atoms with van der Waals surface area (Å²) in [7, 11) is 3.65. The van der Waals surface area contributed by atoms with Gasteiger partial charge in [-0.1, -0.05) is 18.2 Å². The van der Waals surface area contributed by atoms with Crippen LogP contribution in [-0.2, 0) is 4.79 Å². The zero-order valence-electron chi connectivity index (χ0n) is 21.1. The molecule has 1 saturated heterocycles. The van der Waals surface area contributed by atoms with Crippen LogP contribution in [0.3, 0.4) is 0 Å². The molecule has 38 heavy (non-hydrogen) atoms. The molecule has 8 nitrogen and oxygen atoms in total. The second-order valence-electron chi connectivity index (χ2n) is 9.48. The van der Waals surface area contributed by atoms with Gasteiger partial charge in [0.05, 0.1) is 12.7 Å². The summed E-state index contributed by atoms with van der Waals surface area (Å²) in [5.41, 5.74) is 2.11. The number of fused-ring (bicyclic) bond motifs is 1. The third-order valence-corrected chi connectivity index (χ3v) is 8.14. The lowest BCUT2D eigenvalue weighted by Gasteiger charge is -2.34. The van der Waals surface area contributed by atoms with Gasteiger partial charge >= 0.3 is 0 Å². The highest BCUT2D eigenvalue weighted by Crippen LogP contribution is 2.44. The number of ketones is 1. The molecule has 1 atom stereocenters. The van der Waals surface area contributed by atoms with Gasteiger partial charge in [-0.15, -0.1) is 11.3 Å². The number of anilines is 2. The number of ether oxygens (including phenoxy) is 1. The predicted octanol–water partition coefficient (Wildman–Crippen LogP) is 5.04. The molecule has 2 aromatic carbocycles. The Morgan fingerprint density at radius 3 is 2.45 bits per heavy atom. The van der Waals surface area contributed by atoms with Gasteiger partial charge in [-0.25, -0.2) is 0 Å². The van der Waals surface area contributed by atoms with E-state index < -0.39 is 23.5 Å². The minimum Gasteiger partial charge on any atom is -0.503 e. The molecule has 1 amide bonds. The largest absolute Gasteiger partial charge is 0.503 e. The van der Waals surface area contributed by atoms with Crippen LogP contribution in [0.1, 0.15) is 21.5 Å². The second-order valence-corrected chi connectivity index (χ2v) is 10.5. The molecule has 2 aliphatic heterocycles. The molecule has 9 heteroatoms. The van der Waals surface area contributed by atoms with Crippen molar-refractivity contribution in [3.63, 3.8) is 0 Å². The molecule has 0 aliphatic carbocycles. The van der Waals surface area contributed by atoms with E-state index in [1.54, 1.807) is 12.1 Å². The molecular weight excluding hydrogens is 502 g/mol. The van der Waals surface area contributed by atoms with Gasteiger partial charge in [0.25, 0.3) is 5.91 Å². The number of likely N-dealkylation sites (N-methyl/N-ethyl adjacent to an activating group) is 1. The van der Waals surface area contributed by atoms with Gasteiger partial charge in [0.2, 0.25) is 5.78 Å². The van der Waals surface area contributed by atoms with E-state index >= 15 is 0 Å². The Labute approximate surface area is 223 Å². The van der Waals surface area contributed by atoms with E-state index in [-0.39, 0.29) is 11.3 Å². The summed E-state index contributed by atoms with van der Waals surface area (Å²) < 4.78 is 11.3. The van der Waals surface area contributed by atoms with E-state index in [1.165, 1.54) is 23.3 Å². The summed E-state index contributed by atoms with van der Waals surface area (Å²) in [5, 5.41) is 13.6. The smallest absolute Gasteiger partial charge is 0.294 e. The Kier molecular flexibility index (Phi) is 6.17. The average Bonchev–Trinajstić information content (AvgIpc) is 3.68. The summed E-state index contributed by atoms with van der Waals surface area (Å²) in [6, 6.07) is 17.7. The molecule has 6 rings (SSSR count). The van der Waals surface area contributed by atoms with Crippen molar-refractivity contribution in [1.29, 1.82) is 0 Å². The first kappa shape index (κ1) is 24.3. The summed E-state index contributed by atoms with van der Waals surface area (Å²) >= 11 is 1.42. The minimum atomic E-state index is -0.778. The normalized spacial score (nSPS) is 18.6. The lowest BCUT2D eigenvalue weighted by molar-refractivity contribution is -0.117. The second kappa shape index (κ2) is 9.66. The summed E-state index contributed by atoms with van der Waals surface area (Å²) in [4.78, 5) is 34.1. The number of amides is 1. The zero-order chi connectivity index (χ0) is 26.4. The van der Waals surface area contributed by atoms with Gasteiger partial charge in [-0.3, -0.25) is 14.5 Å². The van der Waals surface area contributed by atoms with Crippen LogP contribution in [0, 0.1) is 0 Å².